The van der Waals surface area contributed by atoms with Crippen molar-refractivity contribution in [2.75, 3.05) is 13.1 Å². The fourth-order valence-electron chi connectivity index (χ4n) is 3.66. The Kier molecular flexibility index (Phi) is 4.81. The predicted octanol–water partition coefficient (Wildman–Crippen LogP) is 3.24. The molecule has 1 fully saturated rings. The Balaban J connectivity index is 1.41. The van der Waals surface area contributed by atoms with Crippen LogP contribution in [0.1, 0.15) is 45.5 Å². The van der Waals surface area contributed by atoms with E-state index in [1.54, 1.807) is 0 Å². The Hall–Kier alpha value is -2.17. The van der Waals surface area contributed by atoms with E-state index in [1.165, 1.54) is 42.6 Å². The Labute approximate surface area is 148 Å². The van der Waals surface area contributed by atoms with Crippen LogP contribution in [0.3, 0.4) is 0 Å². The maximum Gasteiger partial charge on any atom is 0.251 e. The second-order valence-corrected chi connectivity index (χ2v) is 6.91. The molecule has 2 aliphatic rings. The molecule has 0 unspecified atom stereocenters. The first-order valence-corrected chi connectivity index (χ1v) is 9.06. The van der Waals surface area contributed by atoms with Crippen molar-refractivity contribution in [1.29, 1.82) is 0 Å². The van der Waals surface area contributed by atoms with E-state index >= 15 is 0 Å². The van der Waals surface area contributed by atoms with Gasteiger partial charge < -0.3 is 10.1 Å². The molecule has 4 nitrogen and oxygen atoms in total. The molecule has 2 aromatic carbocycles. The second-order valence-electron chi connectivity index (χ2n) is 6.91. The molecule has 0 radical (unpaired) electrons. The number of amides is 1. The molecule has 130 valence electrons. The second kappa shape index (κ2) is 7.38. The van der Waals surface area contributed by atoms with Gasteiger partial charge in [0.15, 0.2) is 0 Å². The summed E-state index contributed by atoms with van der Waals surface area (Å²) in [5.74, 6) is -0.0225. The van der Waals surface area contributed by atoms with Crippen LogP contribution in [-0.2, 0) is 31.0 Å². The zero-order chi connectivity index (χ0) is 17.1. The summed E-state index contributed by atoms with van der Waals surface area (Å²) in [6.45, 7) is 5.16. The van der Waals surface area contributed by atoms with Gasteiger partial charge in [0.1, 0.15) is 0 Å². The third-order valence-electron chi connectivity index (χ3n) is 5.13. The molecule has 1 saturated heterocycles. The monoisotopic (exact) mass is 336 g/mol. The van der Waals surface area contributed by atoms with Crippen LogP contribution in [0.15, 0.2) is 42.5 Å². The van der Waals surface area contributed by atoms with E-state index in [0.29, 0.717) is 25.3 Å². The topological polar surface area (TPSA) is 41.6 Å². The molecule has 4 heteroatoms. The molecule has 0 spiro atoms. The zero-order valence-electron chi connectivity index (χ0n) is 14.5. The minimum Gasteiger partial charge on any atom is -0.372 e. The maximum atomic E-state index is 12.5. The molecule has 0 bridgehead atoms. The lowest BCUT2D eigenvalue weighted by atomic mass is 10.0. The van der Waals surface area contributed by atoms with Crippen LogP contribution in [0.25, 0.3) is 0 Å². The minimum absolute atomic E-state index is 0.0225. The number of hydrogen-bond acceptors (Lipinski definition) is 3. The summed E-state index contributed by atoms with van der Waals surface area (Å²) < 4.78 is 5.42. The Bertz CT molecular complexity index is 766. The summed E-state index contributed by atoms with van der Waals surface area (Å²) in [6.07, 6.45) is 2.59. The van der Waals surface area contributed by atoms with Gasteiger partial charge in [0.2, 0.25) is 0 Å². The molecule has 0 atom stereocenters. The molecule has 2 aliphatic heterocycles. The number of benzene rings is 2. The van der Waals surface area contributed by atoms with E-state index in [2.05, 4.69) is 28.4 Å². The summed E-state index contributed by atoms with van der Waals surface area (Å²) >= 11 is 0. The summed E-state index contributed by atoms with van der Waals surface area (Å²) in [7, 11) is 0. The third kappa shape index (κ3) is 3.75. The van der Waals surface area contributed by atoms with Crippen molar-refractivity contribution in [2.24, 2.45) is 0 Å². The van der Waals surface area contributed by atoms with Crippen LogP contribution in [0.5, 0.6) is 0 Å². The molecule has 0 aromatic heterocycles. The highest BCUT2D eigenvalue weighted by atomic mass is 16.5. The standard InChI is InChI=1S/C21H24N2O2/c24-21(16-7-8-19-14-25-15-20(19)11-16)22-12-17-5-1-2-6-18(17)13-23-9-3-4-10-23/h1-2,5-8,11H,3-4,9-10,12-15H2,(H,22,24). The average molecular weight is 336 g/mol. The van der Waals surface area contributed by atoms with Crippen LogP contribution in [0.4, 0.5) is 0 Å². The molecular weight excluding hydrogens is 312 g/mol. The van der Waals surface area contributed by atoms with E-state index < -0.39 is 0 Å². The highest BCUT2D eigenvalue weighted by molar-refractivity contribution is 5.94. The van der Waals surface area contributed by atoms with Gasteiger partial charge in [-0.25, -0.2) is 0 Å². The maximum absolute atomic E-state index is 12.5. The molecule has 1 amide bonds. The minimum atomic E-state index is -0.0225. The third-order valence-corrected chi connectivity index (χ3v) is 5.13. The van der Waals surface area contributed by atoms with E-state index in [1.807, 2.05) is 24.3 Å². The van der Waals surface area contributed by atoms with Crippen molar-refractivity contribution < 1.29 is 9.53 Å². The number of carbonyl (C=O) groups excluding carboxylic acids is 1. The van der Waals surface area contributed by atoms with Crippen molar-refractivity contribution in [3.8, 4) is 0 Å². The number of nitrogens with one attached hydrogen (secondary N) is 1. The fourth-order valence-corrected chi connectivity index (χ4v) is 3.66. The average Bonchev–Trinajstić information content (AvgIpc) is 3.31. The van der Waals surface area contributed by atoms with Crippen LogP contribution < -0.4 is 5.32 Å². The van der Waals surface area contributed by atoms with Crippen molar-refractivity contribution in [3.63, 3.8) is 0 Å². The van der Waals surface area contributed by atoms with Crippen molar-refractivity contribution in [3.05, 3.63) is 70.3 Å². The lowest BCUT2D eigenvalue weighted by molar-refractivity contribution is 0.0950. The van der Waals surface area contributed by atoms with Crippen LogP contribution in [0, 0.1) is 0 Å². The molecule has 25 heavy (non-hydrogen) atoms. The highest BCUT2D eigenvalue weighted by Crippen LogP contribution is 2.21. The Morgan fingerprint density at radius 3 is 2.60 bits per heavy atom. The molecule has 1 N–H and O–H groups in total. The van der Waals surface area contributed by atoms with Gasteiger partial charge in [-0.1, -0.05) is 30.3 Å². The molecule has 0 aliphatic carbocycles. The first-order chi connectivity index (χ1) is 12.3. The number of fused-ring (bicyclic) bond motifs is 1. The number of carbonyl (C=O) groups is 1. The van der Waals surface area contributed by atoms with Gasteiger partial charge in [-0.3, -0.25) is 9.69 Å². The van der Waals surface area contributed by atoms with Gasteiger partial charge in [-0.15, -0.1) is 0 Å². The van der Waals surface area contributed by atoms with Crippen molar-refractivity contribution in [1.82, 2.24) is 10.2 Å². The summed E-state index contributed by atoms with van der Waals surface area (Å²) in [5, 5.41) is 3.07. The quantitative estimate of drug-likeness (QED) is 0.911. The van der Waals surface area contributed by atoms with Crippen LogP contribution in [0.2, 0.25) is 0 Å². The van der Waals surface area contributed by atoms with E-state index in [9.17, 15) is 4.79 Å². The van der Waals surface area contributed by atoms with E-state index in [4.69, 9.17) is 4.74 Å². The van der Waals surface area contributed by atoms with Gasteiger partial charge in [-0.2, -0.15) is 0 Å². The Morgan fingerprint density at radius 1 is 1.00 bits per heavy atom. The molecular formula is C21H24N2O2. The SMILES string of the molecule is O=C(NCc1ccccc1CN1CCCC1)c1ccc2c(c1)COC2. The van der Waals surface area contributed by atoms with Gasteiger partial charge in [0, 0.05) is 18.7 Å². The van der Waals surface area contributed by atoms with Crippen LogP contribution in [-0.4, -0.2) is 23.9 Å². The summed E-state index contributed by atoms with van der Waals surface area (Å²) in [6, 6.07) is 14.2. The molecule has 0 saturated carbocycles. The number of ether oxygens (including phenoxy) is 1. The smallest absolute Gasteiger partial charge is 0.251 e. The lowest BCUT2D eigenvalue weighted by Crippen LogP contribution is -2.25. The first-order valence-electron chi connectivity index (χ1n) is 9.06. The molecule has 2 heterocycles. The normalized spacial score (nSPS) is 16.8. The van der Waals surface area contributed by atoms with Crippen molar-refractivity contribution in [2.45, 2.75) is 39.1 Å². The Morgan fingerprint density at radius 2 is 1.76 bits per heavy atom. The van der Waals surface area contributed by atoms with Crippen molar-refractivity contribution >= 4 is 5.91 Å². The highest BCUT2D eigenvalue weighted by Gasteiger charge is 2.16. The lowest BCUT2D eigenvalue weighted by Gasteiger charge is -2.17. The first kappa shape index (κ1) is 16.3. The zero-order valence-corrected chi connectivity index (χ0v) is 14.5. The number of hydrogen-bond donors (Lipinski definition) is 1. The van der Waals surface area contributed by atoms with Gasteiger partial charge in [-0.05, 0) is 60.3 Å². The fraction of sp³-hybridized carbons (Fsp3) is 0.381. The number of rotatable bonds is 5. The van der Waals surface area contributed by atoms with Gasteiger partial charge in [0.05, 0.1) is 13.2 Å². The number of nitrogens with zero attached hydrogens (tertiary/aromatic N) is 1. The van der Waals surface area contributed by atoms with E-state index in [-0.39, 0.29) is 5.91 Å². The molecule has 2 aromatic rings. The number of likely N-dealkylation sites (tertiary alicyclic amines) is 1. The largest absolute Gasteiger partial charge is 0.372 e. The summed E-state index contributed by atoms with van der Waals surface area (Å²) in [5.41, 5.74) is 5.54. The van der Waals surface area contributed by atoms with Gasteiger partial charge in [0.25, 0.3) is 5.91 Å². The molecule has 4 rings (SSSR count). The van der Waals surface area contributed by atoms with E-state index in [0.717, 1.165) is 12.1 Å². The predicted molar refractivity (Wildman–Crippen MR) is 97.1 cm³/mol. The summed E-state index contributed by atoms with van der Waals surface area (Å²) in [4.78, 5) is 15.0. The van der Waals surface area contributed by atoms with Gasteiger partial charge >= 0.3 is 0 Å². The van der Waals surface area contributed by atoms with Crippen LogP contribution >= 0.6 is 0 Å².